The summed E-state index contributed by atoms with van der Waals surface area (Å²) in [5, 5.41) is 5.72. The molecule has 1 N–H and O–H groups in total. The van der Waals surface area contributed by atoms with Crippen LogP contribution in [0.2, 0.25) is 5.02 Å². The van der Waals surface area contributed by atoms with Crippen LogP contribution in [0.3, 0.4) is 0 Å². The Morgan fingerprint density at radius 1 is 1.11 bits per heavy atom. The lowest BCUT2D eigenvalue weighted by molar-refractivity contribution is -0.120. The van der Waals surface area contributed by atoms with Gasteiger partial charge in [0.25, 0.3) is 0 Å². The van der Waals surface area contributed by atoms with Crippen molar-refractivity contribution in [1.29, 1.82) is 0 Å². The highest BCUT2D eigenvalue weighted by atomic mass is 35.5. The van der Waals surface area contributed by atoms with Gasteiger partial charge in [0, 0.05) is 34.4 Å². The first-order valence-corrected chi connectivity index (χ1v) is 10.5. The molecule has 0 spiro atoms. The minimum atomic E-state index is 0.0366. The molecule has 0 aliphatic rings. The van der Waals surface area contributed by atoms with Gasteiger partial charge in [-0.1, -0.05) is 54.1 Å². The second-order valence-electron chi connectivity index (χ2n) is 6.63. The molecule has 1 amide bonds. The predicted octanol–water partition coefficient (Wildman–Crippen LogP) is 5.01. The smallest absolute Gasteiger partial charge is 0.225 e. The lowest BCUT2D eigenvalue weighted by atomic mass is 10.1. The molecule has 2 aromatic carbocycles. The van der Waals surface area contributed by atoms with Crippen LogP contribution in [0.1, 0.15) is 17.7 Å². The van der Waals surface area contributed by atoms with E-state index in [1.807, 2.05) is 58.4 Å². The van der Waals surface area contributed by atoms with Gasteiger partial charge in [-0.15, -0.1) is 11.3 Å². The first-order valence-electron chi connectivity index (χ1n) is 9.21. The standard InChI is InChI=1S/C22H20ClN3OS/c23-18-10-8-17(9-11-18)20-14-26-19(15-28-22(26)25-20)13-21(27)24-12-4-7-16-5-2-1-3-6-16/h1-3,5-6,8-11,14-15H,4,7,12-13H2,(H,24,27). The summed E-state index contributed by atoms with van der Waals surface area (Å²) in [6.45, 7) is 0.682. The van der Waals surface area contributed by atoms with Crippen LogP contribution in [0.25, 0.3) is 16.2 Å². The highest BCUT2D eigenvalue weighted by Gasteiger charge is 2.12. The van der Waals surface area contributed by atoms with E-state index in [2.05, 4.69) is 22.4 Å². The second kappa shape index (κ2) is 8.59. The van der Waals surface area contributed by atoms with Crippen molar-refractivity contribution in [3.05, 3.63) is 82.5 Å². The molecule has 4 nitrogen and oxygen atoms in total. The van der Waals surface area contributed by atoms with Crippen molar-refractivity contribution in [2.24, 2.45) is 0 Å². The molecule has 2 aromatic heterocycles. The lowest BCUT2D eigenvalue weighted by Crippen LogP contribution is -2.26. The van der Waals surface area contributed by atoms with Gasteiger partial charge in [-0.3, -0.25) is 9.20 Å². The average molecular weight is 410 g/mol. The third-order valence-electron chi connectivity index (χ3n) is 4.57. The van der Waals surface area contributed by atoms with Crippen LogP contribution in [0, 0.1) is 0 Å². The van der Waals surface area contributed by atoms with Crippen molar-refractivity contribution in [1.82, 2.24) is 14.7 Å². The van der Waals surface area contributed by atoms with Crippen molar-refractivity contribution in [3.8, 4) is 11.3 Å². The summed E-state index contributed by atoms with van der Waals surface area (Å²) in [5.74, 6) is 0.0366. The van der Waals surface area contributed by atoms with Crippen LogP contribution in [0.4, 0.5) is 0 Å². The largest absolute Gasteiger partial charge is 0.356 e. The number of fused-ring (bicyclic) bond motifs is 1. The van der Waals surface area contributed by atoms with Crippen LogP contribution < -0.4 is 5.32 Å². The number of aromatic nitrogens is 2. The molecule has 28 heavy (non-hydrogen) atoms. The topological polar surface area (TPSA) is 46.4 Å². The summed E-state index contributed by atoms with van der Waals surface area (Å²) < 4.78 is 2.00. The van der Waals surface area contributed by atoms with Crippen LogP contribution in [0.5, 0.6) is 0 Å². The molecule has 0 radical (unpaired) electrons. The number of thiazole rings is 1. The van der Waals surface area contributed by atoms with E-state index in [1.165, 1.54) is 5.56 Å². The number of hydrogen-bond acceptors (Lipinski definition) is 3. The van der Waals surface area contributed by atoms with Crippen molar-refractivity contribution >= 4 is 33.8 Å². The maximum absolute atomic E-state index is 12.3. The maximum Gasteiger partial charge on any atom is 0.225 e. The van der Waals surface area contributed by atoms with E-state index < -0.39 is 0 Å². The number of carbonyl (C=O) groups excluding carboxylic acids is 1. The van der Waals surface area contributed by atoms with Crippen molar-refractivity contribution in [2.45, 2.75) is 19.3 Å². The van der Waals surface area contributed by atoms with E-state index in [-0.39, 0.29) is 5.91 Å². The molecule has 142 valence electrons. The number of hydrogen-bond donors (Lipinski definition) is 1. The van der Waals surface area contributed by atoms with Crippen LogP contribution in [-0.4, -0.2) is 21.8 Å². The lowest BCUT2D eigenvalue weighted by Gasteiger charge is -2.05. The van der Waals surface area contributed by atoms with E-state index in [9.17, 15) is 4.79 Å². The fraction of sp³-hybridized carbons (Fsp3) is 0.182. The number of imidazole rings is 1. The highest BCUT2D eigenvalue weighted by Crippen LogP contribution is 2.25. The Labute approximate surface area is 172 Å². The van der Waals surface area contributed by atoms with E-state index in [0.717, 1.165) is 34.8 Å². The molecule has 0 saturated heterocycles. The first-order chi connectivity index (χ1) is 13.7. The molecule has 0 atom stereocenters. The molecule has 0 bridgehead atoms. The monoisotopic (exact) mass is 409 g/mol. The number of nitrogens with zero attached hydrogens (tertiary/aromatic N) is 2. The molecule has 2 heterocycles. The van der Waals surface area contributed by atoms with Gasteiger partial charge in [0.15, 0.2) is 4.96 Å². The Morgan fingerprint density at radius 3 is 2.68 bits per heavy atom. The van der Waals surface area contributed by atoms with Gasteiger partial charge in [0.1, 0.15) is 0 Å². The fourth-order valence-electron chi connectivity index (χ4n) is 3.11. The molecule has 4 aromatic rings. The Bertz CT molecular complexity index is 1070. The number of benzene rings is 2. The molecule has 6 heteroatoms. The van der Waals surface area contributed by atoms with Gasteiger partial charge in [-0.2, -0.15) is 0 Å². The Hall–Kier alpha value is -2.63. The van der Waals surface area contributed by atoms with Crippen LogP contribution in [-0.2, 0) is 17.6 Å². The summed E-state index contributed by atoms with van der Waals surface area (Å²) in [4.78, 5) is 17.9. The number of carbonyl (C=O) groups is 1. The van der Waals surface area contributed by atoms with E-state index in [0.29, 0.717) is 18.0 Å². The van der Waals surface area contributed by atoms with Gasteiger partial charge in [-0.05, 0) is 30.5 Å². The van der Waals surface area contributed by atoms with E-state index >= 15 is 0 Å². The number of aryl methyl sites for hydroxylation is 1. The van der Waals surface area contributed by atoms with E-state index in [4.69, 9.17) is 11.6 Å². The zero-order valence-electron chi connectivity index (χ0n) is 15.3. The van der Waals surface area contributed by atoms with Gasteiger partial charge in [-0.25, -0.2) is 4.98 Å². The van der Waals surface area contributed by atoms with Gasteiger partial charge in [0.05, 0.1) is 12.1 Å². The zero-order valence-corrected chi connectivity index (χ0v) is 16.8. The Morgan fingerprint density at radius 2 is 1.89 bits per heavy atom. The maximum atomic E-state index is 12.3. The Kier molecular flexibility index (Phi) is 5.74. The SMILES string of the molecule is O=C(Cc1csc2nc(-c3ccc(Cl)cc3)cn12)NCCCc1ccccc1. The number of nitrogens with one attached hydrogen (secondary N) is 1. The van der Waals surface area contributed by atoms with Crippen LogP contribution in [0.15, 0.2) is 66.2 Å². The number of rotatable bonds is 7. The van der Waals surface area contributed by atoms with Crippen LogP contribution >= 0.6 is 22.9 Å². The van der Waals surface area contributed by atoms with Crippen molar-refractivity contribution in [2.75, 3.05) is 6.54 Å². The zero-order chi connectivity index (χ0) is 19.3. The third-order valence-corrected chi connectivity index (χ3v) is 5.71. The van der Waals surface area contributed by atoms with Crippen molar-refractivity contribution in [3.63, 3.8) is 0 Å². The molecule has 0 unspecified atom stereocenters. The molecule has 0 fully saturated rings. The summed E-state index contributed by atoms with van der Waals surface area (Å²) in [7, 11) is 0. The summed E-state index contributed by atoms with van der Waals surface area (Å²) in [5.41, 5.74) is 4.14. The fourth-order valence-corrected chi connectivity index (χ4v) is 4.11. The predicted molar refractivity (Wildman–Crippen MR) is 115 cm³/mol. The molecule has 0 aliphatic carbocycles. The quantitative estimate of drug-likeness (QED) is 0.436. The normalized spacial score (nSPS) is 11.0. The number of halogens is 1. The second-order valence-corrected chi connectivity index (χ2v) is 7.90. The molecular formula is C22H20ClN3OS. The Balaban J connectivity index is 1.35. The summed E-state index contributed by atoms with van der Waals surface area (Å²) >= 11 is 7.50. The van der Waals surface area contributed by atoms with Crippen molar-refractivity contribution < 1.29 is 4.79 Å². The average Bonchev–Trinajstić information content (AvgIpc) is 3.29. The third kappa shape index (κ3) is 4.43. The summed E-state index contributed by atoms with van der Waals surface area (Å²) in [6.07, 6.45) is 4.23. The van der Waals surface area contributed by atoms with Gasteiger partial charge >= 0.3 is 0 Å². The molecule has 0 aliphatic heterocycles. The molecule has 0 saturated carbocycles. The van der Waals surface area contributed by atoms with Gasteiger partial charge < -0.3 is 5.32 Å². The first kappa shape index (κ1) is 18.7. The highest BCUT2D eigenvalue weighted by molar-refractivity contribution is 7.15. The van der Waals surface area contributed by atoms with Gasteiger partial charge in [0.2, 0.25) is 5.91 Å². The molecular weight excluding hydrogens is 390 g/mol. The number of amides is 1. The van der Waals surface area contributed by atoms with E-state index in [1.54, 1.807) is 11.3 Å². The molecule has 4 rings (SSSR count). The minimum absolute atomic E-state index is 0.0366. The summed E-state index contributed by atoms with van der Waals surface area (Å²) in [6, 6.07) is 17.9. The minimum Gasteiger partial charge on any atom is -0.356 e.